The van der Waals surface area contributed by atoms with Gasteiger partial charge >= 0.3 is 0 Å². The number of H-pyrrole nitrogens is 1. The Morgan fingerprint density at radius 2 is 2.45 bits per heavy atom. The highest BCUT2D eigenvalue weighted by Gasteiger charge is 2.04. The van der Waals surface area contributed by atoms with E-state index in [0.717, 1.165) is 16.9 Å². The molecule has 0 aliphatic heterocycles. The quantitative estimate of drug-likeness (QED) is 0.671. The first-order chi connectivity index (χ1) is 5.38. The number of hydrogen-bond acceptors (Lipinski definition) is 2. The van der Waals surface area contributed by atoms with Crippen molar-refractivity contribution in [2.75, 3.05) is 0 Å². The largest absolute Gasteiger partial charge is 0.464 e. The number of aromatic nitrogens is 2. The van der Waals surface area contributed by atoms with Crippen molar-refractivity contribution in [1.82, 2.24) is 10.2 Å². The van der Waals surface area contributed by atoms with Gasteiger partial charge in [0.05, 0.1) is 18.0 Å². The standard InChI is InChI=1S/C8H8N2O/c1-6-2-3-11-8(6)7-4-9-10-5-7/h2-5H,1H3,(H,9,10). The molecule has 0 atom stereocenters. The Labute approximate surface area is 64.0 Å². The minimum atomic E-state index is 0.888. The Balaban J connectivity index is 2.53. The maximum Gasteiger partial charge on any atom is 0.139 e. The van der Waals surface area contributed by atoms with Crippen molar-refractivity contribution >= 4 is 0 Å². The highest BCUT2D eigenvalue weighted by Crippen LogP contribution is 2.22. The van der Waals surface area contributed by atoms with Gasteiger partial charge in [-0.05, 0) is 18.6 Å². The van der Waals surface area contributed by atoms with Gasteiger partial charge in [-0.2, -0.15) is 5.10 Å². The fourth-order valence-electron chi connectivity index (χ4n) is 1.04. The molecule has 3 heteroatoms. The summed E-state index contributed by atoms with van der Waals surface area (Å²) in [4.78, 5) is 0. The summed E-state index contributed by atoms with van der Waals surface area (Å²) < 4.78 is 5.25. The van der Waals surface area contributed by atoms with Crippen molar-refractivity contribution in [3.63, 3.8) is 0 Å². The fourth-order valence-corrected chi connectivity index (χ4v) is 1.04. The van der Waals surface area contributed by atoms with Crippen LogP contribution in [-0.2, 0) is 0 Å². The van der Waals surface area contributed by atoms with E-state index in [1.807, 2.05) is 19.2 Å². The third-order valence-electron chi connectivity index (χ3n) is 1.62. The van der Waals surface area contributed by atoms with E-state index in [2.05, 4.69) is 10.2 Å². The lowest BCUT2D eigenvalue weighted by Crippen LogP contribution is -1.70. The average Bonchev–Trinajstić information content (AvgIpc) is 2.55. The summed E-state index contributed by atoms with van der Waals surface area (Å²) in [6.45, 7) is 2.01. The molecule has 3 nitrogen and oxygen atoms in total. The number of rotatable bonds is 1. The Morgan fingerprint density at radius 3 is 3.00 bits per heavy atom. The highest BCUT2D eigenvalue weighted by atomic mass is 16.3. The number of furan rings is 1. The maximum atomic E-state index is 5.25. The lowest BCUT2D eigenvalue weighted by molar-refractivity contribution is 0.581. The summed E-state index contributed by atoms with van der Waals surface area (Å²) in [5.41, 5.74) is 2.12. The molecular weight excluding hydrogens is 140 g/mol. The zero-order valence-electron chi connectivity index (χ0n) is 6.16. The van der Waals surface area contributed by atoms with Gasteiger partial charge in [-0.25, -0.2) is 0 Å². The molecule has 2 aromatic rings. The second-order valence-electron chi connectivity index (χ2n) is 2.42. The summed E-state index contributed by atoms with van der Waals surface area (Å²) >= 11 is 0. The van der Waals surface area contributed by atoms with E-state index in [1.54, 1.807) is 12.5 Å². The number of nitrogens with zero attached hydrogens (tertiary/aromatic N) is 1. The van der Waals surface area contributed by atoms with E-state index in [1.165, 1.54) is 0 Å². The van der Waals surface area contributed by atoms with Gasteiger partial charge in [0.1, 0.15) is 5.76 Å². The third kappa shape index (κ3) is 0.941. The SMILES string of the molecule is Cc1ccoc1-c1cn[nH]c1. The van der Waals surface area contributed by atoms with Crippen molar-refractivity contribution in [2.45, 2.75) is 6.92 Å². The van der Waals surface area contributed by atoms with E-state index in [-0.39, 0.29) is 0 Å². The van der Waals surface area contributed by atoms with Crippen LogP contribution < -0.4 is 0 Å². The van der Waals surface area contributed by atoms with Crippen LogP contribution in [0.4, 0.5) is 0 Å². The van der Waals surface area contributed by atoms with Gasteiger partial charge in [0, 0.05) is 6.20 Å². The molecule has 2 heterocycles. The van der Waals surface area contributed by atoms with Gasteiger partial charge in [0.15, 0.2) is 0 Å². The number of aromatic amines is 1. The van der Waals surface area contributed by atoms with Crippen molar-refractivity contribution in [1.29, 1.82) is 0 Å². The number of aryl methyl sites for hydroxylation is 1. The Morgan fingerprint density at radius 1 is 1.55 bits per heavy atom. The summed E-state index contributed by atoms with van der Waals surface area (Å²) in [7, 11) is 0. The number of nitrogens with one attached hydrogen (secondary N) is 1. The second kappa shape index (κ2) is 2.27. The predicted molar refractivity (Wildman–Crippen MR) is 41.0 cm³/mol. The van der Waals surface area contributed by atoms with Crippen LogP contribution in [0.15, 0.2) is 29.1 Å². The van der Waals surface area contributed by atoms with Gasteiger partial charge in [-0.1, -0.05) is 0 Å². The molecule has 0 spiro atoms. The van der Waals surface area contributed by atoms with Gasteiger partial charge in [0.2, 0.25) is 0 Å². The molecule has 0 aliphatic carbocycles. The Bertz CT molecular complexity index is 335. The van der Waals surface area contributed by atoms with Crippen LogP contribution >= 0.6 is 0 Å². The van der Waals surface area contributed by atoms with Crippen molar-refractivity contribution < 1.29 is 4.42 Å². The first kappa shape index (κ1) is 6.22. The average molecular weight is 148 g/mol. The molecule has 0 radical (unpaired) electrons. The van der Waals surface area contributed by atoms with Gasteiger partial charge in [-0.3, -0.25) is 5.10 Å². The van der Waals surface area contributed by atoms with Crippen LogP contribution in [0.2, 0.25) is 0 Å². The molecule has 2 aromatic heterocycles. The summed E-state index contributed by atoms with van der Waals surface area (Å²) in [5.74, 6) is 0.888. The molecule has 0 saturated heterocycles. The van der Waals surface area contributed by atoms with Gasteiger partial charge in [-0.15, -0.1) is 0 Å². The van der Waals surface area contributed by atoms with E-state index in [9.17, 15) is 0 Å². The molecule has 0 amide bonds. The molecule has 56 valence electrons. The lowest BCUT2D eigenvalue weighted by Gasteiger charge is -1.89. The van der Waals surface area contributed by atoms with Crippen LogP contribution in [0, 0.1) is 6.92 Å². The molecular formula is C8H8N2O. The van der Waals surface area contributed by atoms with E-state index < -0.39 is 0 Å². The Kier molecular flexibility index (Phi) is 1.28. The smallest absolute Gasteiger partial charge is 0.139 e. The van der Waals surface area contributed by atoms with Crippen molar-refractivity contribution in [3.8, 4) is 11.3 Å². The minimum Gasteiger partial charge on any atom is -0.464 e. The molecule has 0 aromatic carbocycles. The topological polar surface area (TPSA) is 41.8 Å². The summed E-state index contributed by atoms with van der Waals surface area (Å²) in [6, 6.07) is 1.93. The second-order valence-corrected chi connectivity index (χ2v) is 2.42. The monoisotopic (exact) mass is 148 g/mol. The highest BCUT2D eigenvalue weighted by molar-refractivity contribution is 5.58. The van der Waals surface area contributed by atoms with Crippen LogP contribution in [-0.4, -0.2) is 10.2 Å². The van der Waals surface area contributed by atoms with E-state index in [0.29, 0.717) is 0 Å². The maximum absolute atomic E-state index is 5.25. The molecule has 0 saturated carbocycles. The molecule has 0 unspecified atom stereocenters. The first-order valence-electron chi connectivity index (χ1n) is 3.41. The molecule has 2 rings (SSSR count). The first-order valence-corrected chi connectivity index (χ1v) is 3.41. The van der Waals surface area contributed by atoms with E-state index in [4.69, 9.17) is 4.42 Å². The van der Waals surface area contributed by atoms with Gasteiger partial charge < -0.3 is 4.42 Å². The molecule has 0 bridgehead atoms. The summed E-state index contributed by atoms with van der Waals surface area (Å²) in [5, 5.41) is 6.57. The van der Waals surface area contributed by atoms with Crippen LogP contribution in [0.5, 0.6) is 0 Å². The molecule has 0 fully saturated rings. The lowest BCUT2D eigenvalue weighted by atomic mass is 10.2. The van der Waals surface area contributed by atoms with Gasteiger partial charge in [0.25, 0.3) is 0 Å². The third-order valence-corrected chi connectivity index (χ3v) is 1.62. The van der Waals surface area contributed by atoms with Crippen molar-refractivity contribution in [2.24, 2.45) is 0 Å². The number of hydrogen-bond donors (Lipinski definition) is 1. The van der Waals surface area contributed by atoms with E-state index >= 15 is 0 Å². The summed E-state index contributed by atoms with van der Waals surface area (Å²) in [6.07, 6.45) is 5.23. The molecule has 1 N–H and O–H groups in total. The fraction of sp³-hybridized carbons (Fsp3) is 0.125. The Hall–Kier alpha value is -1.51. The van der Waals surface area contributed by atoms with Crippen LogP contribution in [0.1, 0.15) is 5.56 Å². The van der Waals surface area contributed by atoms with Crippen molar-refractivity contribution in [3.05, 3.63) is 30.3 Å². The zero-order valence-corrected chi connectivity index (χ0v) is 6.16. The minimum absolute atomic E-state index is 0.888. The van der Waals surface area contributed by atoms with Crippen LogP contribution in [0.25, 0.3) is 11.3 Å². The predicted octanol–water partition coefficient (Wildman–Crippen LogP) is 1.98. The zero-order chi connectivity index (χ0) is 7.68. The normalized spacial score (nSPS) is 10.3. The van der Waals surface area contributed by atoms with Crippen LogP contribution in [0.3, 0.4) is 0 Å². The molecule has 11 heavy (non-hydrogen) atoms. The molecule has 0 aliphatic rings.